The number of hydrogen-bond acceptors (Lipinski definition) is 4. The van der Waals surface area contributed by atoms with Crippen LogP contribution in [0.5, 0.6) is 0 Å². The summed E-state index contributed by atoms with van der Waals surface area (Å²) in [5, 5.41) is 0. The Morgan fingerprint density at radius 2 is 2.00 bits per heavy atom. The molecule has 4 nitrogen and oxygen atoms in total. The van der Waals surface area contributed by atoms with E-state index in [2.05, 4.69) is 6.92 Å². The highest BCUT2D eigenvalue weighted by molar-refractivity contribution is 6.46. The molecule has 102 valence electrons. The SMILES string of the molecule is CCCC(CCCOCC1CO1)[SiH](OC)OC. The first-order valence-corrected chi connectivity index (χ1v) is 8.17. The third kappa shape index (κ3) is 6.52. The van der Waals surface area contributed by atoms with Gasteiger partial charge in [0.05, 0.1) is 13.2 Å². The zero-order valence-corrected chi connectivity index (χ0v) is 12.5. The van der Waals surface area contributed by atoms with Crippen molar-refractivity contribution < 1.29 is 18.3 Å². The van der Waals surface area contributed by atoms with Gasteiger partial charge in [-0.15, -0.1) is 0 Å². The van der Waals surface area contributed by atoms with Gasteiger partial charge in [-0.1, -0.05) is 13.3 Å². The molecular weight excluding hydrogens is 236 g/mol. The van der Waals surface area contributed by atoms with Crippen LogP contribution in [0.4, 0.5) is 0 Å². The Balaban J connectivity index is 2.08. The van der Waals surface area contributed by atoms with Crippen molar-refractivity contribution in [3.05, 3.63) is 0 Å². The second kappa shape index (κ2) is 9.05. The maximum absolute atomic E-state index is 5.54. The topological polar surface area (TPSA) is 40.2 Å². The molecule has 0 aromatic heterocycles. The lowest BCUT2D eigenvalue weighted by Crippen LogP contribution is -2.26. The average molecular weight is 262 g/mol. The molecule has 0 spiro atoms. The predicted octanol–water partition coefficient (Wildman–Crippen LogP) is 1.87. The molecule has 0 bridgehead atoms. The molecule has 1 saturated heterocycles. The van der Waals surface area contributed by atoms with E-state index in [9.17, 15) is 0 Å². The molecule has 0 aromatic rings. The first kappa shape index (κ1) is 15.1. The zero-order chi connectivity index (χ0) is 12.5. The molecule has 0 amide bonds. The summed E-state index contributed by atoms with van der Waals surface area (Å²) in [5.41, 5.74) is 0.607. The fraction of sp³-hybridized carbons (Fsp3) is 1.00. The van der Waals surface area contributed by atoms with Gasteiger partial charge in [-0.05, 0) is 24.8 Å². The van der Waals surface area contributed by atoms with Gasteiger partial charge in [-0.2, -0.15) is 0 Å². The maximum atomic E-state index is 5.54. The summed E-state index contributed by atoms with van der Waals surface area (Å²) in [6, 6.07) is 0. The van der Waals surface area contributed by atoms with Crippen LogP contribution >= 0.6 is 0 Å². The van der Waals surface area contributed by atoms with Crippen LogP contribution in [0.2, 0.25) is 5.54 Å². The highest BCUT2D eigenvalue weighted by atomic mass is 28.3. The van der Waals surface area contributed by atoms with Crippen LogP contribution in [0.3, 0.4) is 0 Å². The molecular formula is C12H26O4Si. The summed E-state index contributed by atoms with van der Waals surface area (Å²) in [7, 11) is 2.07. The molecule has 2 unspecified atom stereocenters. The van der Waals surface area contributed by atoms with Crippen LogP contribution < -0.4 is 0 Å². The van der Waals surface area contributed by atoms with Gasteiger partial charge in [0.2, 0.25) is 0 Å². The Bertz CT molecular complexity index is 183. The minimum Gasteiger partial charge on any atom is -0.400 e. The van der Waals surface area contributed by atoms with Crippen LogP contribution in [0.15, 0.2) is 0 Å². The quantitative estimate of drug-likeness (QED) is 0.324. The molecule has 1 aliphatic rings. The van der Waals surface area contributed by atoms with E-state index in [0.29, 0.717) is 11.6 Å². The van der Waals surface area contributed by atoms with Crippen molar-refractivity contribution in [2.75, 3.05) is 34.0 Å². The van der Waals surface area contributed by atoms with Gasteiger partial charge in [0.25, 0.3) is 0 Å². The Morgan fingerprint density at radius 1 is 1.29 bits per heavy atom. The van der Waals surface area contributed by atoms with Gasteiger partial charge in [0.1, 0.15) is 6.10 Å². The molecule has 5 heteroatoms. The monoisotopic (exact) mass is 262 g/mol. The van der Waals surface area contributed by atoms with Gasteiger partial charge in [0.15, 0.2) is 0 Å². The first-order chi connectivity index (χ1) is 8.31. The van der Waals surface area contributed by atoms with Crippen molar-refractivity contribution in [1.29, 1.82) is 0 Å². The summed E-state index contributed by atoms with van der Waals surface area (Å²) in [4.78, 5) is 0. The fourth-order valence-electron chi connectivity index (χ4n) is 2.10. The molecule has 0 aromatic carbocycles. The van der Waals surface area contributed by atoms with E-state index in [1.54, 1.807) is 14.2 Å². The minimum absolute atomic E-state index is 0.376. The fourth-order valence-corrected chi connectivity index (χ4v) is 4.17. The smallest absolute Gasteiger partial charge is 0.324 e. The summed E-state index contributed by atoms with van der Waals surface area (Å²) in [5.74, 6) is 0. The molecule has 1 aliphatic heterocycles. The molecule has 0 aliphatic carbocycles. The van der Waals surface area contributed by atoms with Crippen LogP contribution in [-0.4, -0.2) is 49.4 Å². The van der Waals surface area contributed by atoms with E-state index in [4.69, 9.17) is 18.3 Å². The summed E-state index contributed by atoms with van der Waals surface area (Å²) < 4.78 is 21.6. The third-order valence-corrected chi connectivity index (χ3v) is 5.44. The lowest BCUT2D eigenvalue weighted by molar-refractivity contribution is 0.112. The van der Waals surface area contributed by atoms with E-state index in [0.717, 1.165) is 32.7 Å². The largest absolute Gasteiger partial charge is 0.400 e. The summed E-state index contributed by atoms with van der Waals surface area (Å²) in [6.45, 7) is 4.67. The maximum Gasteiger partial charge on any atom is 0.324 e. The number of hydrogen-bond donors (Lipinski definition) is 0. The summed E-state index contributed by atoms with van der Waals surface area (Å²) >= 11 is 0. The Morgan fingerprint density at radius 3 is 2.53 bits per heavy atom. The van der Waals surface area contributed by atoms with Gasteiger partial charge in [-0.25, -0.2) is 0 Å². The molecule has 0 radical (unpaired) electrons. The van der Waals surface area contributed by atoms with E-state index in [-0.39, 0.29) is 0 Å². The van der Waals surface area contributed by atoms with Gasteiger partial charge in [0, 0.05) is 20.8 Å². The molecule has 1 fully saturated rings. The standard InChI is InChI=1S/C12H26O4Si/c1-4-6-12(17(13-2)14-3)7-5-8-15-9-11-10-16-11/h11-12,17H,4-10H2,1-3H3. The van der Waals surface area contributed by atoms with E-state index in [1.807, 2.05) is 0 Å². The Labute approximate surface area is 106 Å². The van der Waals surface area contributed by atoms with Crippen molar-refractivity contribution in [3.8, 4) is 0 Å². The lowest BCUT2D eigenvalue weighted by atomic mass is 10.1. The first-order valence-electron chi connectivity index (χ1n) is 6.56. The van der Waals surface area contributed by atoms with Crippen LogP contribution in [0.25, 0.3) is 0 Å². The summed E-state index contributed by atoms with van der Waals surface area (Å²) in [6.07, 6.45) is 5.01. The van der Waals surface area contributed by atoms with Crippen LogP contribution in [0, 0.1) is 0 Å². The highest BCUT2D eigenvalue weighted by Crippen LogP contribution is 2.24. The normalized spacial score (nSPS) is 20.8. The van der Waals surface area contributed by atoms with E-state index in [1.165, 1.54) is 12.8 Å². The molecule has 2 atom stereocenters. The Kier molecular flexibility index (Phi) is 8.05. The van der Waals surface area contributed by atoms with E-state index >= 15 is 0 Å². The van der Waals surface area contributed by atoms with Crippen molar-refractivity contribution in [1.82, 2.24) is 0 Å². The molecule has 0 N–H and O–H groups in total. The number of ether oxygens (including phenoxy) is 2. The zero-order valence-electron chi connectivity index (χ0n) is 11.3. The predicted molar refractivity (Wildman–Crippen MR) is 69.6 cm³/mol. The van der Waals surface area contributed by atoms with Crippen LogP contribution in [-0.2, 0) is 18.3 Å². The van der Waals surface area contributed by atoms with Crippen molar-refractivity contribution >= 4 is 9.28 Å². The number of rotatable bonds is 11. The van der Waals surface area contributed by atoms with Gasteiger partial charge >= 0.3 is 9.28 Å². The molecule has 1 heterocycles. The average Bonchev–Trinajstić information content (AvgIpc) is 3.14. The second-order valence-electron chi connectivity index (χ2n) is 4.56. The van der Waals surface area contributed by atoms with E-state index < -0.39 is 9.28 Å². The Hall–Kier alpha value is 0.0569. The van der Waals surface area contributed by atoms with Gasteiger partial charge in [-0.3, -0.25) is 0 Å². The second-order valence-corrected chi connectivity index (χ2v) is 7.18. The van der Waals surface area contributed by atoms with Crippen molar-refractivity contribution in [3.63, 3.8) is 0 Å². The van der Waals surface area contributed by atoms with Crippen molar-refractivity contribution in [2.45, 2.75) is 44.3 Å². The third-order valence-electron chi connectivity index (χ3n) is 3.08. The minimum atomic E-state index is -1.46. The number of epoxide rings is 1. The van der Waals surface area contributed by atoms with Crippen LogP contribution in [0.1, 0.15) is 32.6 Å². The molecule has 1 rings (SSSR count). The van der Waals surface area contributed by atoms with Gasteiger partial charge < -0.3 is 18.3 Å². The van der Waals surface area contributed by atoms with Crippen molar-refractivity contribution in [2.24, 2.45) is 0 Å². The lowest BCUT2D eigenvalue weighted by Gasteiger charge is -2.22. The molecule has 17 heavy (non-hydrogen) atoms. The highest BCUT2D eigenvalue weighted by Gasteiger charge is 2.24. The molecule has 0 saturated carbocycles.